The summed E-state index contributed by atoms with van der Waals surface area (Å²) in [6.07, 6.45) is 4.45. The molecule has 12 nitrogen and oxygen atoms in total. The summed E-state index contributed by atoms with van der Waals surface area (Å²) in [6, 6.07) is 6.83. The summed E-state index contributed by atoms with van der Waals surface area (Å²) in [5, 5.41) is 12.6. The molecule has 0 aliphatic carbocycles. The van der Waals surface area contributed by atoms with Gasteiger partial charge in [-0.15, -0.1) is 0 Å². The summed E-state index contributed by atoms with van der Waals surface area (Å²) in [4.78, 5) is 61.7. The second-order valence-corrected chi connectivity index (χ2v) is 13.6. The molecule has 3 heterocycles. The zero-order valence-electron chi connectivity index (χ0n) is 27.8. The van der Waals surface area contributed by atoms with E-state index in [4.69, 9.17) is 14.3 Å². The van der Waals surface area contributed by atoms with Gasteiger partial charge in [-0.1, -0.05) is 63.2 Å². The number of rotatable bonds is 16. The monoisotopic (exact) mass is 639 g/mol. The first kappa shape index (κ1) is 34.9. The van der Waals surface area contributed by atoms with E-state index in [-0.39, 0.29) is 41.9 Å². The number of hydrogen-bond donors (Lipinski definition) is 3. The van der Waals surface area contributed by atoms with Gasteiger partial charge in [0.1, 0.15) is 30.0 Å². The average molecular weight is 640 g/mol. The fourth-order valence-corrected chi connectivity index (χ4v) is 5.57. The van der Waals surface area contributed by atoms with E-state index in [0.717, 1.165) is 5.56 Å². The van der Waals surface area contributed by atoms with E-state index in [1.54, 1.807) is 13.2 Å². The lowest BCUT2D eigenvalue weighted by Gasteiger charge is -2.31. The highest BCUT2D eigenvalue weighted by molar-refractivity contribution is 6.39. The van der Waals surface area contributed by atoms with Gasteiger partial charge < -0.3 is 35.2 Å². The van der Waals surface area contributed by atoms with Crippen LogP contribution in [0.1, 0.15) is 66.4 Å². The van der Waals surface area contributed by atoms with Crippen molar-refractivity contribution < 1.29 is 33.5 Å². The Labute approximate surface area is 271 Å². The molecular weight excluding hydrogens is 590 g/mol. The third-order valence-electron chi connectivity index (χ3n) is 8.34. The van der Waals surface area contributed by atoms with Gasteiger partial charge in [0.25, 0.3) is 5.91 Å². The molecule has 0 saturated carbocycles. The van der Waals surface area contributed by atoms with E-state index in [1.165, 1.54) is 0 Å². The molecule has 46 heavy (non-hydrogen) atoms. The number of Topliss-reactive ketones (excluding diaryl/α,β-unsaturated/α-hetero) is 1. The molecule has 6 atom stereocenters. The van der Waals surface area contributed by atoms with Crippen LogP contribution < -0.4 is 16.0 Å². The van der Waals surface area contributed by atoms with E-state index in [1.807, 2.05) is 71.2 Å². The van der Waals surface area contributed by atoms with Crippen LogP contribution in [0.2, 0.25) is 0 Å². The fourth-order valence-electron chi connectivity index (χ4n) is 5.57. The molecule has 3 unspecified atom stereocenters. The van der Waals surface area contributed by atoms with Crippen molar-refractivity contribution in [2.45, 2.75) is 103 Å². The molecule has 3 amide bonds. The molecule has 1 aromatic carbocycles. The molecule has 1 saturated heterocycles. The Hall–Kier alpha value is -3.93. The van der Waals surface area contributed by atoms with Crippen molar-refractivity contribution in [3.63, 3.8) is 0 Å². The SMILES string of the molecule is CC(C)CC(NC(=O)C1=NOC(CN2C=COC[C@@H]2C)C1)C(=O)N[C@@H](Cc1ccccc1)C(=O)NC(CC(C)C)C(=O)[C@@]1(C)CO1. The topological polar surface area (TPSA) is 151 Å². The molecule has 1 fully saturated rings. The molecule has 0 spiro atoms. The van der Waals surface area contributed by atoms with Crippen LogP contribution in [0.15, 0.2) is 47.9 Å². The number of amides is 3. The summed E-state index contributed by atoms with van der Waals surface area (Å²) in [5.74, 6) is -1.43. The van der Waals surface area contributed by atoms with Gasteiger partial charge in [-0.3, -0.25) is 19.2 Å². The smallest absolute Gasteiger partial charge is 0.269 e. The van der Waals surface area contributed by atoms with E-state index in [2.05, 4.69) is 26.0 Å². The first-order chi connectivity index (χ1) is 21.8. The summed E-state index contributed by atoms with van der Waals surface area (Å²) < 4.78 is 10.7. The Morgan fingerprint density at radius 2 is 1.59 bits per heavy atom. The molecule has 0 bridgehead atoms. The molecular formula is C34H49N5O7. The van der Waals surface area contributed by atoms with Crippen molar-refractivity contribution >= 4 is 29.2 Å². The molecule has 0 radical (unpaired) electrons. The standard InChI is InChI=1S/C34H49N5O7/c1-21(2)14-26(30(40)34(6)20-45-34)35-32(42)28(16-24-10-8-7-9-11-24)37-31(41)27(15-22(3)4)36-33(43)29-17-25(46-38-29)18-39-12-13-44-19-23(39)5/h7-13,21-23,25-28H,14-20H2,1-6H3,(H,35,42)(H,36,43)(H,37,41)/t23-,25?,26?,27?,28-,34+/m0/s1. The van der Waals surface area contributed by atoms with Crippen molar-refractivity contribution in [1.29, 1.82) is 0 Å². The fraction of sp³-hybridized carbons (Fsp3) is 0.618. The molecule has 4 rings (SSSR count). The van der Waals surface area contributed by atoms with Gasteiger partial charge in [-0.05, 0) is 44.1 Å². The summed E-state index contributed by atoms with van der Waals surface area (Å²) in [6.45, 7) is 13.0. The number of nitrogens with one attached hydrogen (secondary N) is 3. The highest BCUT2D eigenvalue weighted by atomic mass is 16.6. The van der Waals surface area contributed by atoms with Crippen LogP contribution in [0, 0.1) is 11.8 Å². The lowest BCUT2D eigenvalue weighted by molar-refractivity contribution is -0.134. The van der Waals surface area contributed by atoms with Crippen LogP contribution in [0.4, 0.5) is 0 Å². The lowest BCUT2D eigenvalue weighted by atomic mass is 9.93. The minimum absolute atomic E-state index is 0.0638. The van der Waals surface area contributed by atoms with Gasteiger partial charge in [0.05, 0.1) is 31.5 Å². The zero-order valence-corrected chi connectivity index (χ0v) is 27.8. The Balaban J connectivity index is 1.44. The third-order valence-corrected chi connectivity index (χ3v) is 8.34. The summed E-state index contributed by atoms with van der Waals surface area (Å²) >= 11 is 0. The van der Waals surface area contributed by atoms with Crippen LogP contribution in [0.3, 0.4) is 0 Å². The number of carbonyl (C=O) groups is 4. The van der Waals surface area contributed by atoms with Gasteiger partial charge in [0.15, 0.2) is 11.9 Å². The van der Waals surface area contributed by atoms with E-state index < -0.39 is 41.4 Å². The molecule has 12 heteroatoms. The molecule has 1 aromatic rings. The Kier molecular flexibility index (Phi) is 11.8. The van der Waals surface area contributed by atoms with Crippen LogP contribution >= 0.6 is 0 Å². The number of benzene rings is 1. The third kappa shape index (κ3) is 9.78. The normalized spacial score (nSPS) is 23.9. The zero-order chi connectivity index (χ0) is 33.4. The van der Waals surface area contributed by atoms with Gasteiger partial charge in [-0.2, -0.15) is 0 Å². The number of ether oxygens (including phenoxy) is 2. The van der Waals surface area contributed by atoms with E-state index in [9.17, 15) is 19.2 Å². The maximum atomic E-state index is 13.8. The van der Waals surface area contributed by atoms with Crippen molar-refractivity contribution in [3.05, 3.63) is 48.4 Å². The number of carbonyl (C=O) groups excluding carboxylic acids is 4. The van der Waals surface area contributed by atoms with Crippen molar-refractivity contribution in [1.82, 2.24) is 20.9 Å². The minimum atomic E-state index is -0.989. The number of hydrogen-bond acceptors (Lipinski definition) is 9. The van der Waals surface area contributed by atoms with Crippen LogP contribution in [0.25, 0.3) is 0 Å². The average Bonchev–Trinajstić information content (AvgIpc) is 3.58. The quantitative estimate of drug-likeness (QED) is 0.234. The predicted octanol–water partition coefficient (Wildman–Crippen LogP) is 2.47. The number of oxime groups is 1. The van der Waals surface area contributed by atoms with Crippen molar-refractivity contribution in [3.8, 4) is 0 Å². The maximum Gasteiger partial charge on any atom is 0.269 e. The van der Waals surface area contributed by atoms with E-state index in [0.29, 0.717) is 39.0 Å². The molecule has 3 aliphatic rings. The van der Waals surface area contributed by atoms with Crippen LogP contribution in [-0.2, 0) is 39.9 Å². The van der Waals surface area contributed by atoms with Crippen LogP contribution in [0.5, 0.6) is 0 Å². The van der Waals surface area contributed by atoms with Crippen LogP contribution in [-0.4, -0.2) is 89.7 Å². The maximum absolute atomic E-state index is 13.8. The Morgan fingerprint density at radius 1 is 0.957 bits per heavy atom. The molecule has 252 valence electrons. The van der Waals surface area contributed by atoms with Gasteiger partial charge in [0, 0.05) is 19.0 Å². The van der Waals surface area contributed by atoms with Crippen molar-refractivity contribution in [2.24, 2.45) is 17.0 Å². The Morgan fingerprint density at radius 3 is 2.22 bits per heavy atom. The molecule has 3 N–H and O–H groups in total. The minimum Gasteiger partial charge on any atom is -0.498 e. The largest absolute Gasteiger partial charge is 0.498 e. The summed E-state index contributed by atoms with van der Waals surface area (Å²) in [7, 11) is 0. The van der Waals surface area contributed by atoms with Gasteiger partial charge in [0.2, 0.25) is 11.8 Å². The number of ketones is 1. The second kappa shape index (κ2) is 15.6. The number of epoxide rings is 1. The molecule has 3 aliphatic heterocycles. The van der Waals surface area contributed by atoms with Gasteiger partial charge in [-0.25, -0.2) is 0 Å². The lowest BCUT2D eigenvalue weighted by Crippen LogP contribution is -2.58. The Bertz CT molecular complexity index is 1290. The predicted molar refractivity (Wildman–Crippen MR) is 172 cm³/mol. The second-order valence-electron chi connectivity index (χ2n) is 13.6. The first-order valence-corrected chi connectivity index (χ1v) is 16.2. The first-order valence-electron chi connectivity index (χ1n) is 16.2. The highest BCUT2D eigenvalue weighted by Gasteiger charge is 2.50. The van der Waals surface area contributed by atoms with Crippen molar-refractivity contribution in [2.75, 3.05) is 19.8 Å². The highest BCUT2D eigenvalue weighted by Crippen LogP contribution is 2.29. The van der Waals surface area contributed by atoms with E-state index >= 15 is 0 Å². The number of nitrogens with zero attached hydrogens (tertiary/aromatic N) is 2. The summed E-state index contributed by atoms with van der Waals surface area (Å²) in [5.41, 5.74) is 0.144. The molecule has 0 aromatic heterocycles. The van der Waals surface area contributed by atoms with Gasteiger partial charge >= 0.3 is 0 Å².